The van der Waals surface area contributed by atoms with Gasteiger partial charge in [-0.1, -0.05) is 12.8 Å². The number of likely N-dealkylation sites (tertiary alicyclic amines) is 1. The maximum Gasteiger partial charge on any atom is 0.320 e. The first kappa shape index (κ1) is 14.8. The van der Waals surface area contributed by atoms with Crippen molar-refractivity contribution in [3.63, 3.8) is 0 Å². The SMILES string of the molecule is O=C(O)[C@@H]1C[C@@H]2CCCC[C@H]2N1Cc1nc2ccsc2c(=O)[nH]1. The fraction of sp³-hybridized carbons (Fsp3) is 0.562. The van der Waals surface area contributed by atoms with E-state index in [1.54, 1.807) is 0 Å². The van der Waals surface area contributed by atoms with Crippen LogP contribution in [0.3, 0.4) is 0 Å². The summed E-state index contributed by atoms with van der Waals surface area (Å²) in [5, 5.41) is 11.4. The Labute approximate surface area is 137 Å². The van der Waals surface area contributed by atoms with Crippen LogP contribution in [0.2, 0.25) is 0 Å². The fourth-order valence-corrected chi connectivity index (χ4v) is 4.92. The maximum absolute atomic E-state index is 12.1. The second kappa shape index (κ2) is 5.72. The number of aromatic amines is 1. The lowest BCUT2D eigenvalue weighted by Crippen LogP contribution is -2.42. The number of carboxylic acids is 1. The highest BCUT2D eigenvalue weighted by molar-refractivity contribution is 7.17. The van der Waals surface area contributed by atoms with Crippen molar-refractivity contribution in [2.75, 3.05) is 0 Å². The molecule has 1 aliphatic heterocycles. The van der Waals surface area contributed by atoms with Gasteiger partial charge in [0.1, 0.15) is 16.6 Å². The van der Waals surface area contributed by atoms with E-state index in [-0.39, 0.29) is 5.56 Å². The Morgan fingerprint density at radius 1 is 1.43 bits per heavy atom. The number of carboxylic acid groups (broad SMARTS) is 1. The first-order valence-electron chi connectivity index (χ1n) is 8.08. The monoisotopic (exact) mass is 333 g/mol. The normalized spacial score (nSPS) is 28.1. The molecule has 2 aromatic heterocycles. The molecule has 0 radical (unpaired) electrons. The van der Waals surface area contributed by atoms with Crippen molar-refractivity contribution in [3.05, 3.63) is 27.6 Å². The third-order valence-electron chi connectivity index (χ3n) is 5.20. The van der Waals surface area contributed by atoms with Gasteiger partial charge in [0.25, 0.3) is 5.56 Å². The van der Waals surface area contributed by atoms with Gasteiger partial charge in [-0.25, -0.2) is 4.98 Å². The van der Waals surface area contributed by atoms with Crippen LogP contribution in [-0.4, -0.2) is 38.0 Å². The quantitative estimate of drug-likeness (QED) is 0.899. The molecule has 2 fully saturated rings. The summed E-state index contributed by atoms with van der Waals surface area (Å²) in [5.74, 6) is 0.262. The predicted octanol–water partition coefficient (Wildman–Crippen LogP) is 2.20. The second-order valence-corrected chi connectivity index (χ2v) is 7.44. The Bertz CT molecular complexity index is 799. The van der Waals surface area contributed by atoms with Gasteiger partial charge in [0, 0.05) is 6.04 Å². The number of fused-ring (bicyclic) bond motifs is 2. The third kappa shape index (κ3) is 2.57. The van der Waals surface area contributed by atoms with Crippen molar-refractivity contribution in [2.45, 2.75) is 50.7 Å². The fourth-order valence-electron chi connectivity index (χ4n) is 4.19. The molecule has 2 aliphatic rings. The predicted molar refractivity (Wildman–Crippen MR) is 87.6 cm³/mol. The molecule has 0 spiro atoms. The van der Waals surface area contributed by atoms with E-state index in [9.17, 15) is 14.7 Å². The first-order chi connectivity index (χ1) is 11.1. The Morgan fingerprint density at radius 2 is 2.26 bits per heavy atom. The molecular weight excluding hydrogens is 314 g/mol. The zero-order valence-electron chi connectivity index (χ0n) is 12.7. The van der Waals surface area contributed by atoms with E-state index in [4.69, 9.17) is 0 Å². The van der Waals surface area contributed by atoms with E-state index in [1.165, 1.54) is 17.8 Å². The highest BCUT2D eigenvalue weighted by Gasteiger charge is 2.45. The van der Waals surface area contributed by atoms with Gasteiger partial charge in [-0.2, -0.15) is 0 Å². The molecule has 1 saturated carbocycles. The highest BCUT2D eigenvalue weighted by atomic mass is 32.1. The molecule has 23 heavy (non-hydrogen) atoms. The van der Waals surface area contributed by atoms with Crippen LogP contribution in [0.1, 0.15) is 37.9 Å². The van der Waals surface area contributed by atoms with Gasteiger partial charge < -0.3 is 10.1 Å². The Balaban J connectivity index is 1.66. The number of hydrogen-bond donors (Lipinski definition) is 2. The van der Waals surface area contributed by atoms with E-state index in [1.807, 2.05) is 16.3 Å². The molecule has 7 heteroatoms. The van der Waals surface area contributed by atoms with Gasteiger partial charge in [-0.15, -0.1) is 11.3 Å². The molecule has 0 unspecified atom stereocenters. The second-order valence-electron chi connectivity index (χ2n) is 6.52. The minimum absolute atomic E-state index is 0.133. The molecule has 1 aliphatic carbocycles. The van der Waals surface area contributed by atoms with Crippen molar-refractivity contribution < 1.29 is 9.90 Å². The van der Waals surface area contributed by atoms with Gasteiger partial charge in [0.15, 0.2) is 0 Å². The Hall–Kier alpha value is -1.73. The molecule has 2 N–H and O–H groups in total. The van der Waals surface area contributed by atoms with E-state index in [0.29, 0.717) is 41.0 Å². The molecule has 3 heterocycles. The number of aromatic nitrogens is 2. The summed E-state index contributed by atoms with van der Waals surface area (Å²) in [4.78, 5) is 33.1. The lowest BCUT2D eigenvalue weighted by atomic mass is 9.85. The van der Waals surface area contributed by atoms with Gasteiger partial charge >= 0.3 is 5.97 Å². The molecule has 4 rings (SSSR count). The molecule has 2 aromatic rings. The van der Waals surface area contributed by atoms with Crippen LogP contribution in [-0.2, 0) is 11.3 Å². The van der Waals surface area contributed by atoms with Crippen LogP contribution in [0.15, 0.2) is 16.2 Å². The van der Waals surface area contributed by atoms with Gasteiger partial charge in [0.2, 0.25) is 0 Å². The molecule has 3 atom stereocenters. The molecule has 122 valence electrons. The molecular formula is C16H19N3O3S. The van der Waals surface area contributed by atoms with Crippen molar-refractivity contribution in [1.29, 1.82) is 0 Å². The van der Waals surface area contributed by atoms with Crippen LogP contribution in [0.5, 0.6) is 0 Å². The van der Waals surface area contributed by atoms with Crippen molar-refractivity contribution in [1.82, 2.24) is 14.9 Å². The number of aliphatic carboxylic acids is 1. The number of rotatable bonds is 3. The molecule has 0 amide bonds. The van der Waals surface area contributed by atoms with Crippen molar-refractivity contribution in [3.8, 4) is 0 Å². The average Bonchev–Trinajstić information content (AvgIpc) is 3.13. The summed E-state index contributed by atoms with van der Waals surface area (Å²) < 4.78 is 0.625. The zero-order chi connectivity index (χ0) is 16.0. The third-order valence-corrected chi connectivity index (χ3v) is 6.10. The van der Waals surface area contributed by atoms with Gasteiger partial charge in [0.05, 0.1) is 12.1 Å². The van der Waals surface area contributed by atoms with Gasteiger partial charge in [-0.05, 0) is 36.6 Å². The summed E-state index contributed by atoms with van der Waals surface area (Å²) in [5.41, 5.74) is 0.561. The number of hydrogen-bond acceptors (Lipinski definition) is 5. The summed E-state index contributed by atoms with van der Waals surface area (Å²) in [6.07, 6.45) is 5.21. The molecule has 0 aromatic carbocycles. The van der Waals surface area contributed by atoms with Crippen molar-refractivity contribution in [2.24, 2.45) is 5.92 Å². The number of nitrogens with zero attached hydrogens (tertiary/aromatic N) is 2. The Kier molecular flexibility index (Phi) is 3.69. The zero-order valence-corrected chi connectivity index (χ0v) is 13.5. The summed E-state index contributed by atoms with van der Waals surface area (Å²) in [7, 11) is 0. The number of H-pyrrole nitrogens is 1. The molecule has 6 nitrogen and oxygen atoms in total. The van der Waals surface area contributed by atoms with Crippen molar-refractivity contribution >= 4 is 27.5 Å². The number of nitrogens with one attached hydrogen (secondary N) is 1. The van der Waals surface area contributed by atoms with E-state index >= 15 is 0 Å². The minimum atomic E-state index is -0.765. The van der Waals surface area contributed by atoms with Gasteiger partial charge in [-0.3, -0.25) is 14.5 Å². The topological polar surface area (TPSA) is 86.3 Å². The van der Waals surface area contributed by atoms with Crippen LogP contribution < -0.4 is 5.56 Å². The van der Waals surface area contributed by atoms with E-state index < -0.39 is 12.0 Å². The van der Waals surface area contributed by atoms with E-state index in [2.05, 4.69) is 9.97 Å². The summed E-state index contributed by atoms with van der Waals surface area (Å²) >= 11 is 1.38. The maximum atomic E-state index is 12.1. The van der Waals surface area contributed by atoms with Crippen LogP contribution in [0.4, 0.5) is 0 Å². The summed E-state index contributed by atoms with van der Waals surface area (Å²) in [6.45, 7) is 0.402. The molecule has 0 bridgehead atoms. The number of carbonyl (C=O) groups is 1. The lowest BCUT2D eigenvalue weighted by molar-refractivity contribution is -0.142. The smallest absolute Gasteiger partial charge is 0.320 e. The van der Waals surface area contributed by atoms with Crippen LogP contribution >= 0.6 is 11.3 Å². The van der Waals surface area contributed by atoms with Crippen LogP contribution in [0, 0.1) is 5.92 Å². The minimum Gasteiger partial charge on any atom is -0.480 e. The largest absolute Gasteiger partial charge is 0.480 e. The highest BCUT2D eigenvalue weighted by Crippen LogP contribution is 2.40. The Morgan fingerprint density at radius 3 is 3.09 bits per heavy atom. The lowest BCUT2D eigenvalue weighted by Gasteiger charge is -2.32. The number of thiophene rings is 1. The van der Waals surface area contributed by atoms with E-state index in [0.717, 1.165) is 19.3 Å². The van der Waals surface area contributed by atoms with Crippen LogP contribution in [0.25, 0.3) is 10.2 Å². The standard InChI is InChI=1S/C16H19N3O3S/c20-15-14-10(5-6-23-14)17-13(18-15)8-19-11-4-2-1-3-9(11)7-12(19)16(21)22/h5-6,9,11-12H,1-4,7-8H2,(H,21,22)(H,17,18,20)/t9-,11+,12-/m0/s1. The summed E-state index contributed by atoms with van der Waals surface area (Å²) in [6, 6.07) is 1.67. The molecule has 1 saturated heterocycles. The first-order valence-corrected chi connectivity index (χ1v) is 8.96. The average molecular weight is 333 g/mol.